The van der Waals surface area contributed by atoms with Crippen molar-refractivity contribution in [3.8, 4) is 12.1 Å². The van der Waals surface area contributed by atoms with Gasteiger partial charge in [-0.05, 0) is 30.7 Å². The predicted octanol–water partition coefficient (Wildman–Crippen LogP) is 3.08. The molecule has 1 heterocycles. The van der Waals surface area contributed by atoms with Crippen molar-refractivity contribution in [3.05, 3.63) is 64.1 Å². The van der Waals surface area contributed by atoms with Gasteiger partial charge in [0.15, 0.2) is 11.5 Å². The van der Waals surface area contributed by atoms with Crippen LogP contribution in [0.4, 0.5) is 0 Å². The minimum atomic E-state index is -4.14. The van der Waals surface area contributed by atoms with Crippen LogP contribution < -0.4 is 0 Å². The second kappa shape index (κ2) is 7.96. The largest absolute Gasteiger partial charge is 0.465 e. The van der Waals surface area contributed by atoms with Crippen LogP contribution >= 0.6 is 15.9 Å². The Bertz CT molecular complexity index is 1150. The highest BCUT2D eigenvalue weighted by Gasteiger charge is 2.61. The third-order valence-corrected chi connectivity index (χ3v) is 7.12. The van der Waals surface area contributed by atoms with Crippen LogP contribution in [0.2, 0.25) is 0 Å². The van der Waals surface area contributed by atoms with Crippen LogP contribution in [-0.2, 0) is 31.6 Å². The van der Waals surface area contributed by atoms with Gasteiger partial charge >= 0.3 is 5.97 Å². The fourth-order valence-electron chi connectivity index (χ4n) is 3.48. The molecule has 0 aromatic heterocycles. The van der Waals surface area contributed by atoms with E-state index in [1.807, 2.05) is 12.1 Å². The molecule has 7 nitrogen and oxygen atoms in total. The van der Waals surface area contributed by atoms with Crippen molar-refractivity contribution in [2.24, 2.45) is 5.92 Å². The number of halogens is 1. The maximum atomic E-state index is 13.4. The van der Waals surface area contributed by atoms with E-state index in [9.17, 15) is 23.7 Å². The molecule has 0 fully saturated rings. The first-order valence-electron chi connectivity index (χ1n) is 8.67. The van der Waals surface area contributed by atoms with Crippen molar-refractivity contribution >= 4 is 31.9 Å². The van der Waals surface area contributed by atoms with E-state index in [0.29, 0.717) is 5.56 Å². The van der Waals surface area contributed by atoms with E-state index >= 15 is 0 Å². The van der Waals surface area contributed by atoms with E-state index in [0.717, 1.165) is 8.78 Å². The molecule has 2 atom stereocenters. The quantitative estimate of drug-likeness (QED) is 0.616. The lowest BCUT2D eigenvalue weighted by atomic mass is 9.79. The number of rotatable bonds is 5. The van der Waals surface area contributed by atoms with Gasteiger partial charge in [0, 0.05) is 16.6 Å². The van der Waals surface area contributed by atoms with Gasteiger partial charge < -0.3 is 4.74 Å². The SMILES string of the molecule is CCOC(=O)C(C#N)C1(C#N)c2ccccc2S(=O)(=O)N1Cc1cccc(Br)c1. The standard InChI is InChI=1S/C20H16BrN3O4S/c1-2-28-19(25)17(11-22)20(13-23)16-8-3-4-9-18(16)29(26,27)24(20)12-14-6-5-7-15(21)10-14/h3-10,17H,2,12H2,1H3. The summed E-state index contributed by atoms with van der Waals surface area (Å²) in [7, 11) is -4.14. The molecule has 2 unspecified atom stereocenters. The Morgan fingerprint density at radius 3 is 2.59 bits per heavy atom. The minimum Gasteiger partial charge on any atom is -0.465 e. The number of fused-ring (bicyclic) bond motifs is 1. The fraction of sp³-hybridized carbons (Fsp3) is 0.250. The van der Waals surface area contributed by atoms with Gasteiger partial charge in [-0.1, -0.05) is 46.3 Å². The average Bonchev–Trinajstić information content (AvgIpc) is 2.88. The Hall–Kier alpha value is -2.72. The normalized spacial score (nSPS) is 20.8. The highest BCUT2D eigenvalue weighted by atomic mass is 79.9. The van der Waals surface area contributed by atoms with Gasteiger partial charge in [0.1, 0.15) is 0 Å². The number of ether oxygens (including phenoxy) is 1. The van der Waals surface area contributed by atoms with Crippen LogP contribution in [0.1, 0.15) is 18.1 Å². The van der Waals surface area contributed by atoms with Gasteiger partial charge in [-0.2, -0.15) is 14.8 Å². The summed E-state index contributed by atoms with van der Waals surface area (Å²) in [6.07, 6.45) is 0. The van der Waals surface area contributed by atoms with Crippen LogP contribution in [-0.4, -0.2) is 25.3 Å². The average molecular weight is 474 g/mol. The van der Waals surface area contributed by atoms with Crippen molar-refractivity contribution in [1.29, 1.82) is 10.5 Å². The second-order valence-corrected chi connectivity index (χ2v) is 9.08. The Balaban J connectivity index is 2.27. The van der Waals surface area contributed by atoms with Crippen LogP contribution in [0.3, 0.4) is 0 Å². The Morgan fingerprint density at radius 2 is 1.97 bits per heavy atom. The number of carbonyl (C=O) groups is 1. The van der Waals surface area contributed by atoms with E-state index in [-0.39, 0.29) is 23.6 Å². The molecular weight excluding hydrogens is 458 g/mol. The van der Waals surface area contributed by atoms with Crippen molar-refractivity contribution in [1.82, 2.24) is 4.31 Å². The topological polar surface area (TPSA) is 111 Å². The van der Waals surface area contributed by atoms with Crippen molar-refractivity contribution < 1.29 is 17.9 Å². The number of carbonyl (C=O) groups excluding carboxylic acids is 1. The highest BCUT2D eigenvalue weighted by Crippen LogP contribution is 2.49. The molecule has 1 aliphatic heterocycles. The summed E-state index contributed by atoms with van der Waals surface area (Å²) < 4.78 is 33.4. The molecule has 148 valence electrons. The summed E-state index contributed by atoms with van der Waals surface area (Å²) in [4.78, 5) is 12.5. The molecule has 9 heteroatoms. The Morgan fingerprint density at radius 1 is 1.24 bits per heavy atom. The van der Waals surface area contributed by atoms with Gasteiger partial charge in [-0.3, -0.25) is 4.79 Å². The zero-order chi connectivity index (χ0) is 21.2. The van der Waals surface area contributed by atoms with Crippen LogP contribution in [0, 0.1) is 28.6 Å². The fourth-order valence-corrected chi connectivity index (χ4v) is 5.86. The van der Waals surface area contributed by atoms with E-state index in [1.54, 1.807) is 37.3 Å². The molecule has 3 rings (SSSR count). The van der Waals surface area contributed by atoms with Gasteiger partial charge in [-0.25, -0.2) is 8.42 Å². The number of hydrogen-bond donors (Lipinski definition) is 0. The first-order chi connectivity index (χ1) is 13.8. The van der Waals surface area contributed by atoms with Crippen molar-refractivity contribution in [2.45, 2.75) is 23.9 Å². The summed E-state index contributed by atoms with van der Waals surface area (Å²) in [5.41, 5.74) is -1.35. The molecule has 29 heavy (non-hydrogen) atoms. The lowest BCUT2D eigenvalue weighted by molar-refractivity contribution is -0.149. The second-order valence-electron chi connectivity index (χ2n) is 6.33. The van der Waals surface area contributed by atoms with Gasteiger partial charge in [0.25, 0.3) is 0 Å². The third kappa shape index (κ3) is 3.32. The van der Waals surface area contributed by atoms with Gasteiger partial charge in [0.2, 0.25) is 10.0 Å². The molecule has 0 amide bonds. The summed E-state index contributed by atoms with van der Waals surface area (Å²) in [5.74, 6) is -2.60. The summed E-state index contributed by atoms with van der Waals surface area (Å²) >= 11 is 3.34. The molecule has 0 aliphatic carbocycles. The summed E-state index contributed by atoms with van der Waals surface area (Å²) in [5, 5.41) is 20.0. The molecule has 0 bridgehead atoms. The number of esters is 1. The monoisotopic (exact) mass is 473 g/mol. The molecule has 0 saturated heterocycles. The van der Waals surface area contributed by atoms with Crippen LogP contribution in [0.15, 0.2) is 57.9 Å². The van der Waals surface area contributed by atoms with E-state index in [1.165, 1.54) is 18.2 Å². The zero-order valence-electron chi connectivity index (χ0n) is 15.4. The number of hydrogen-bond acceptors (Lipinski definition) is 6. The van der Waals surface area contributed by atoms with Crippen molar-refractivity contribution in [3.63, 3.8) is 0 Å². The van der Waals surface area contributed by atoms with E-state index < -0.39 is 27.4 Å². The number of sulfonamides is 1. The Kier molecular flexibility index (Phi) is 5.76. The first-order valence-corrected chi connectivity index (χ1v) is 10.9. The van der Waals surface area contributed by atoms with Crippen LogP contribution in [0.5, 0.6) is 0 Å². The smallest absolute Gasteiger partial charge is 0.326 e. The lowest BCUT2D eigenvalue weighted by Gasteiger charge is -2.33. The lowest BCUT2D eigenvalue weighted by Crippen LogP contribution is -2.50. The van der Waals surface area contributed by atoms with E-state index in [4.69, 9.17) is 4.74 Å². The van der Waals surface area contributed by atoms with Crippen LogP contribution in [0.25, 0.3) is 0 Å². The van der Waals surface area contributed by atoms with Gasteiger partial charge in [-0.15, -0.1) is 0 Å². The van der Waals surface area contributed by atoms with Crippen molar-refractivity contribution in [2.75, 3.05) is 6.61 Å². The molecule has 1 aliphatic rings. The number of nitriles is 2. The molecule has 0 spiro atoms. The maximum Gasteiger partial charge on any atom is 0.326 e. The summed E-state index contributed by atoms with van der Waals surface area (Å²) in [6, 6.07) is 16.7. The first kappa shape index (κ1) is 21.0. The molecule has 0 radical (unpaired) electrons. The molecule has 0 saturated carbocycles. The third-order valence-electron chi connectivity index (χ3n) is 4.71. The number of benzene rings is 2. The number of nitrogens with zero attached hydrogens (tertiary/aromatic N) is 3. The minimum absolute atomic E-state index is 0.00144. The molecular formula is C20H16BrN3O4S. The summed E-state index contributed by atoms with van der Waals surface area (Å²) in [6.45, 7) is 1.38. The molecule has 2 aromatic carbocycles. The zero-order valence-corrected chi connectivity index (χ0v) is 17.8. The molecule has 0 N–H and O–H groups in total. The predicted molar refractivity (Wildman–Crippen MR) is 106 cm³/mol. The maximum absolute atomic E-state index is 13.4. The molecule has 2 aromatic rings. The Labute approximate surface area is 177 Å². The highest BCUT2D eigenvalue weighted by molar-refractivity contribution is 9.10. The van der Waals surface area contributed by atoms with E-state index in [2.05, 4.69) is 15.9 Å². The van der Waals surface area contributed by atoms with Gasteiger partial charge in [0.05, 0.1) is 23.6 Å².